The average molecular weight is 254 g/mol. The van der Waals surface area contributed by atoms with Crippen LogP contribution in [0.25, 0.3) is 0 Å². The molecule has 98 valence electrons. The third kappa shape index (κ3) is 6.20. The van der Waals surface area contributed by atoms with Crippen LogP contribution in [0.4, 0.5) is 0 Å². The number of rotatable bonds is 9. The average Bonchev–Trinajstić information content (AvgIpc) is 2.80. The number of thiophene rings is 1. The predicted octanol–water partition coefficient (Wildman–Crippen LogP) is 3.24. The largest absolute Gasteiger partial charge is 0.330 e. The van der Waals surface area contributed by atoms with Crippen LogP contribution in [0.2, 0.25) is 0 Å². The molecule has 2 nitrogen and oxygen atoms in total. The van der Waals surface area contributed by atoms with E-state index >= 15 is 0 Å². The molecular weight excluding hydrogens is 228 g/mol. The van der Waals surface area contributed by atoms with Crippen molar-refractivity contribution < 1.29 is 0 Å². The Hall–Kier alpha value is -0.380. The molecule has 0 aliphatic rings. The Balaban J connectivity index is 2.06. The number of hydrogen-bond acceptors (Lipinski definition) is 3. The summed E-state index contributed by atoms with van der Waals surface area (Å²) in [5.74, 6) is 1.55. The molecule has 0 amide bonds. The second-order valence-electron chi connectivity index (χ2n) is 5.03. The zero-order valence-electron chi connectivity index (χ0n) is 11.1. The van der Waals surface area contributed by atoms with E-state index in [4.69, 9.17) is 5.73 Å². The first-order valence-electron chi connectivity index (χ1n) is 6.66. The highest BCUT2D eigenvalue weighted by atomic mass is 32.1. The molecule has 0 aliphatic heterocycles. The van der Waals surface area contributed by atoms with E-state index < -0.39 is 0 Å². The number of nitrogens with two attached hydrogens (primary N) is 1. The molecule has 0 bridgehead atoms. The van der Waals surface area contributed by atoms with Gasteiger partial charge >= 0.3 is 0 Å². The Morgan fingerprint density at radius 2 is 2.18 bits per heavy atom. The van der Waals surface area contributed by atoms with Crippen LogP contribution >= 0.6 is 11.3 Å². The second-order valence-corrected chi connectivity index (χ2v) is 5.81. The maximum Gasteiger partial charge on any atom is 0.0213 e. The first-order valence-corrected chi connectivity index (χ1v) is 7.60. The maximum atomic E-state index is 5.65. The molecule has 1 aromatic rings. The third-order valence-corrected chi connectivity index (χ3v) is 4.05. The van der Waals surface area contributed by atoms with Crippen molar-refractivity contribution in [3.63, 3.8) is 0 Å². The Bertz CT molecular complexity index is 270. The lowest BCUT2D eigenvalue weighted by Gasteiger charge is -2.19. The fraction of sp³-hybridized carbons (Fsp3) is 0.714. The molecule has 1 aromatic heterocycles. The molecule has 3 heteroatoms. The molecule has 1 heterocycles. The predicted molar refractivity (Wildman–Crippen MR) is 77.3 cm³/mol. The SMILES string of the molecule is CC(C)C(CCN)CCCNCc1ccsc1. The Labute approximate surface area is 110 Å². The molecule has 0 aromatic carbocycles. The fourth-order valence-electron chi connectivity index (χ4n) is 2.14. The normalized spacial score (nSPS) is 13.2. The van der Waals surface area contributed by atoms with E-state index in [9.17, 15) is 0 Å². The summed E-state index contributed by atoms with van der Waals surface area (Å²) in [6.45, 7) is 7.56. The molecule has 0 radical (unpaired) electrons. The lowest BCUT2D eigenvalue weighted by atomic mass is 9.88. The quantitative estimate of drug-likeness (QED) is 0.664. The summed E-state index contributed by atoms with van der Waals surface area (Å²) in [6.07, 6.45) is 3.72. The molecule has 0 spiro atoms. The molecule has 1 atom stereocenters. The van der Waals surface area contributed by atoms with Crippen LogP contribution in [0.15, 0.2) is 16.8 Å². The van der Waals surface area contributed by atoms with E-state index in [1.807, 2.05) is 0 Å². The van der Waals surface area contributed by atoms with E-state index in [-0.39, 0.29) is 0 Å². The molecule has 3 N–H and O–H groups in total. The Morgan fingerprint density at radius 1 is 1.35 bits per heavy atom. The van der Waals surface area contributed by atoms with Crippen LogP contribution in [0, 0.1) is 11.8 Å². The van der Waals surface area contributed by atoms with Crippen molar-refractivity contribution in [1.82, 2.24) is 5.32 Å². The molecule has 1 rings (SSSR count). The van der Waals surface area contributed by atoms with Crippen LogP contribution in [0.1, 0.15) is 38.7 Å². The van der Waals surface area contributed by atoms with Gasteiger partial charge in [0.25, 0.3) is 0 Å². The molecule has 0 saturated carbocycles. The van der Waals surface area contributed by atoms with Crippen LogP contribution in [0.5, 0.6) is 0 Å². The van der Waals surface area contributed by atoms with Gasteiger partial charge in [-0.3, -0.25) is 0 Å². The maximum absolute atomic E-state index is 5.65. The van der Waals surface area contributed by atoms with Gasteiger partial charge in [-0.05, 0) is 66.6 Å². The van der Waals surface area contributed by atoms with Gasteiger partial charge in [-0.25, -0.2) is 0 Å². The highest BCUT2D eigenvalue weighted by Crippen LogP contribution is 2.19. The van der Waals surface area contributed by atoms with Gasteiger partial charge in [-0.2, -0.15) is 11.3 Å². The first-order chi connectivity index (χ1) is 8.24. The van der Waals surface area contributed by atoms with Gasteiger partial charge < -0.3 is 11.1 Å². The molecule has 0 aliphatic carbocycles. The minimum absolute atomic E-state index is 0.760. The lowest BCUT2D eigenvalue weighted by Crippen LogP contribution is -2.18. The molecule has 17 heavy (non-hydrogen) atoms. The molecule has 1 unspecified atom stereocenters. The lowest BCUT2D eigenvalue weighted by molar-refractivity contribution is 0.331. The van der Waals surface area contributed by atoms with E-state index in [1.165, 1.54) is 24.8 Å². The fourth-order valence-corrected chi connectivity index (χ4v) is 2.81. The van der Waals surface area contributed by atoms with Crippen molar-refractivity contribution in [3.8, 4) is 0 Å². The van der Waals surface area contributed by atoms with Gasteiger partial charge in [-0.15, -0.1) is 0 Å². The molecular formula is C14H26N2S. The number of nitrogens with one attached hydrogen (secondary N) is 1. The van der Waals surface area contributed by atoms with Crippen molar-refractivity contribution >= 4 is 11.3 Å². The van der Waals surface area contributed by atoms with Crippen LogP contribution in [0.3, 0.4) is 0 Å². The third-order valence-electron chi connectivity index (χ3n) is 3.32. The van der Waals surface area contributed by atoms with Gasteiger partial charge in [0.2, 0.25) is 0 Å². The highest BCUT2D eigenvalue weighted by molar-refractivity contribution is 7.07. The van der Waals surface area contributed by atoms with Crippen LogP contribution in [-0.4, -0.2) is 13.1 Å². The van der Waals surface area contributed by atoms with Crippen molar-refractivity contribution in [2.75, 3.05) is 13.1 Å². The Kier molecular flexibility index (Phi) is 7.49. The first kappa shape index (κ1) is 14.7. The van der Waals surface area contributed by atoms with Gasteiger partial charge in [0.05, 0.1) is 0 Å². The summed E-state index contributed by atoms with van der Waals surface area (Å²) in [6, 6.07) is 2.18. The van der Waals surface area contributed by atoms with Crippen molar-refractivity contribution in [2.24, 2.45) is 17.6 Å². The van der Waals surface area contributed by atoms with Crippen LogP contribution < -0.4 is 11.1 Å². The van der Waals surface area contributed by atoms with E-state index in [2.05, 4.69) is 36.0 Å². The van der Waals surface area contributed by atoms with Gasteiger partial charge in [0, 0.05) is 6.54 Å². The highest BCUT2D eigenvalue weighted by Gasteiger charge is 2.11. The smallest absolute Gasteiger partial charge is 0.0213 e. The van der Waals surface area contributed by atoms with E-state index in [1.54, 1.807) is 11.3 Å². The van der Waals surface area contributed by atoms with Crippen molar-refractivity contribution in [3.05, 3.63) is 22.4 Å². The minimum atomic E-state index is 0.760. The molecule has 0 fully saturated rings. The second kappa shape index (κ2) is 8.67. The Morgan fingerprint density at radius 3 is 2.76 bits per heavy atom. The molecule has 0 saturated heterocycles. The standard InChI is InChI=1S/C14H26N2S/c1-12(2)14(5-7-15)4-3-8-16-10-13-6-9-17-11-13/h6,9,11-12,14,16H,3-5,7-8,10,15H2,1-2H3. The zero-order chi connectivity index (χ0) is 12.5. The zero-order valence-corrected chi connectivity index (χ0v) is 11.9. The minimum Gasteiger partial charge on any atom is -0.330 e. The van der Waals surface area contributed by atoms with Crippen molar-refractivity contribution in [1.29, 1.82) is 0 Å². The van der Waals surface area contributed by atoms with E-state index in [0.29, 0.717) is 0 Å². The van der Waals surface area contributed by atoms with Gasteiger partial charge in [-0.1, -0.05) is 13.8 Å². The van der Waals surface area contributed by atoms with Crippen LogP contribution in [-0.2, 0) is 6.54 Å². The van der Waals surface area contributed by atoms with E-state index in [0.717, 1.165) is 31.5 Å². The number of hydrogen-bond donors (Lipinski definition) is 2. The summed E-state index contributed by atoms with van der Waals surface area (Å²) in [7, 11) is 0. The monoisotopic (exact) mass is 254 g/mol. The topological polar surface area (TPSA) is 38.0 Å². The summed E-state index contributed by atoms with van der Waals surface area (Å²) >= 11 is 1.76. The van der Waals surface area contributed by atoms with Gasteiger partial charge in [0.15, 0.2) is 0 Å². The van der Waals surface area contributed by atoms with Gasteiger partial charge in [0.1, 0.15) is 0 Å². The summed E-state index contributed by atoms with van der Waals surface area (Å²) < 4.78 is 0. The summed E-state index contributed by atoms with van der Waals surface area (Å²) in [5, 5.41) is 7.84. The summed E-state index contributed by atoms with van der Waals surface area (Å²) in [5.41, 5.74) is 7.05. The summed E-state index contributed by atoms with van der Waals surface area (Å²) in [4.78, 5) is 0. The van der Waals surface area contributed by atoms with Crippen molar-refractivity contribution in [2.45, 2.75) is 39.7 Å².